The molecule has 6 rings (SSSR count). The fourth-order valence-corrected chi connectivity index (χ4v) is 9.26. The van der Waals surface area contributed by atoms with Gasteiger partial charge in [0.1, 0.15) is 5.78 Å². The Hall–Kier alpha value is -1.24. The average molecular weight is 470 g/mol. The number of aromatic nitrogens is 1. The van der Waals surface area contributed by atoms with Gasteiger partial charge in [-0.25, -0.2) is 4.98 Å². The molecule has 0 unspecified atom stereocenters. The molecule has 5 nitrogen and oxygen atoms in total. The summed E-state index contributed by atoms with van der Waals surface area (Å²) in [5, 5.41) is 4.73. The molecule has 0 amide bonds. The highest BCUT2D eigenvalue weighted by atomic mass is 32.1. The van der Waals surface area contributed by atoms with E-state index in [1.807, 2.05) is 11.3 Å². The molecule has 1 aromatic rings. The van der Waals surface area contributed by atoms with Crippen molar-refractivity contribution >= 4 is 27.8 Å². The highest BCUT2D eigenvalue weighted by Crippen LogP contribution is 2.65. The van der Waals surface area contributed by atoms with Gasteiger partial charge in [0.25, 0.3) is 0 Å². The number of aryl methyl sites for hydroxylation is 1. The predicted octanol–water partition coefficient (Wildman–Crippen LogP) is 5.03. The number of morpholine rings is 1. The van der Waals surface area contributed by atoms with E-state index in [-0.39, 0.29) is 10.8 Å². The molecule has 6 heteroatoms. The lowest BCUT2D eigenvalue weighted by molar-refractivity contribution is -0.131. The van der Waals surface area contributed by atoms with Gasteiger partial charge in [-0.1, -0.05) is 31.3 Å². The van der Waals surface area contributed by atoms with E-state index in [4.69, 9.17) is 9.72 Å². The molecule has 2 saturated carbocycles. The van der Waals surface area contributed by atoms with Crippen molar-refractivity contribution in [1.82, 2.24) is 9.88 Å². The van der Waals surface area contributed by atoms with Crippen molar-refractivity contribution in [3.05, 3.63) is 16.6 Å². The van der Waals surface area contributed by atoms with E-state index >= 15 is 0 Å². The van der Waals surface area contributed by atoms with Crippen molar-refractivity contribution in [2.24, 2.45) is 28.6 Å². The zero-order valence-corrected chi connectivity index (χ0v) is 21.1. The fourth-order valence-electron chi connectivity index (χ4n) is 8.05. The summed E-state index contributed by atoms with van der Waals surface area (Å²) in [7, 11) is 0. The molecular formula is C27H39N3O2S. The van der Waals surface area contributed by atoms with E-state index in [9.17, 15) is 4.79 Å². The highest BCUT2D eigenvalue weighted by molar-refractivity contribution is 7.16. The summed E-state index contributed by atoms with van der Waals surface area (Å²) in [5.41, 5.74) is 3.11. The van der Waals surface area contributed by atoms with Gasteiger partial charge in [0.2, 0.25) is 0 Å². The monoisotopic (exact) mass is 469 g/mol. The second-order valence-corrected chi connectivity index (χ2v) is 12.6. The summed E-state index contributed by atoms with van der Waals surface area (Å²) in [6, 6.07) is 0. The predicted molar refractivity (Wildman–Crippen MR) is 134 cm³/mol. The lowest BCUT2D eigenvalue weighted by atomic mass is 9.48. The van der Waals surface area contributed by atoms with Crippen molar-refractivity contribution in [2.45, 2.75) is 65.2 Å². The van der Waals surface area contributed by atoms with Crippen molar-refractivity contribution in [3.63, 3.8) is 0 Å². The van der Waals surface area contributed by atoms with E-state index < -0.39 is 0 Å². The molecule has 2 heterocycles. The van der Waals surface area contributed by atoms with Gasteiger partial charge in [-0.05, 0) is 80.2 Å². The maximum Gasteiger partial charge on any atom is 0.183 e. The van der Waals surface area contributed by atoms with Gasteiger partial charge in [-0.3, -0.25) is 9.69 Å². The minimum absolute atomic E-state index is 0.0362. The first-order valence-corrected chi connectivity index (χ1v) is 14.1. The van der Waals surface area contributed by atoms with E-state index in [1.165, 1.54) is 23.4 Å². The third-order valence-corrected chi connectivity index (χ3v) is 11.1. The lowest BCUT2D eigenvalue weighted by Gasteiger charge is -2.55. The summed E-state index contributed by atoms with van der Waals surface area (Å²) in [6.45, 7) is 10.8. The van der Waals surface area contributed by atoms with Crippen LogP contribution in [0.5, 0.6) is 0 Å². The second kappa shape index (κ2) is 8.46. The van der Waals surface area contributed by atoms with Crippen LogP contribution in [-0.2, 0) is 16.0 Å². The summed E-state index contributed by atoms with van der Waals surface area (Å²) >= 11 is 1.89. The summed E-state index contributed by atoms with van der Waals surface area (Å²) < 4.78 is 5.45. The van der Waals surface area contributed by atoms with E-state index in [2.05, 4.69) is 30.1 Å². The number of rotatable bonds is 5. The maximum absolute atomic E-state index is 12.7. The molecule has 4 aliphatic carbocycles. The maximum atomic E-state index is 12.7. The molecule has 0 radical (unpaired) electrons. The number of ether oxygens (including phenoxy) is 1. The minimum atomic E-state index is -0.0362. The van der Waals surface area contributed by atoms with E-state index in [0.29, 0.717) is 17.6 Å². The Labute approximate surface area is 202 Å². The Morgan fingerprint density at radius 2 is 1.97 bits per heavy atom. The van der Waals surface area contributed by atoms with Gasteiger partial charge >= 0.3 is 0 Å². The molecule has 1 aromatic heterocycles. The van der Waals surface area contributed by atoms with Crippen molar-refractivity contribution in [3.8, 4) is 0 Å². The molecule has 3 fully saturated rings. The molecule has 180 valence electrons. The van der Waals surface area contributed by atoms with Gasteiger partial charge in [0.15, 0.2) is 5.13 Å². The van der Waals surface area contributed by atoms with Gasteiger partial charge in [-0.2, -0.15) is 0 Å². The number of fused-ring (bicyclic) bond motifs is 7. The molecular weight excluding hydrogens is 430 g/mol. The van der Waals surface area contributed by atoms with Crippen LogP contribution in [0.15, 0.2) is 6.08 Å². The van der Waals surface area contributed by atoms with Crippen LogP contribution in [0.25, 0.3) is 5.57 Å². The summed E-state index contributed by atoms with van der Waals surface area (Å²) in [4.78, 5) is 21.7. The van der Waals surface area contributed by atoms with Crippen LogP contribution in [-0.4, -0.2) is 55.1 Å². The number of thiazole rings is 1. The van der Waals surface area contributed by atoms with Crippen LogP contribution < -0.4 is 5.32 Å². The van der Waals surface area contributed by atoms with Crippen molar-refractivity contribution in [1.29, 1.82) is 0 Å². The molecule has 0 aromatic carbocycles. The zero-order valence-electron chi connectivity index (χ0n) is 20.3. The number of nitrogens with zero attached hydrogens (tertiary/aromatic N) is 2. The Morgan fingerprint density at radius 3 is 2.82 bits per heavy atom. The van der Waals surface area contributed by atoms with Crippen molar-refractivity contribution < 1.29 is 9.53 Å². The van der Waals surface area contributed by atoms with Crippen LogP contribution in [0.2, 0.25) is 0 Å². The Morgan fingerprint density at radius 1 is 1.15 bits per heavy atom. The standard InChI is InChI=1S/C27H39N3O2S/c1-26-11-9-22-24(33-25(29-22)28-12-3-13-30-14-16-32-17-15-30)21(26)5-4-18-19-6-7-23(31)27(19,2)10-8-20(18)26/h5,18-20H,3-4,6-17H2,1-2H3,(H,28,29)/t18-,19-,20-,26+,27-/m0/s1. The first kappa shape index (κ1) is 22.2. The van der Waals surface area contributed by atoms with Crippen molar-refractivity contribution in [2.75, 3.05) is 44.7 Å². The first-order chi connectivity index (χ1) is 16.0. The number of hydrogen-bond donors (Lipinski definition) is 1. The van der Waals surface area contributed by atoms with Gasteiger partial charge in [0.05, 0.1) is 23.8 Å². The van der Waals surface area contributed by atoms with Crippen LogP contribution in [0, 0.1) is 28.6 Å². The van der Waals surface area contributed by atoms with E-state index in [0.717, 1.165) is 89.0 Å². The molecule has 5 aliphatic rings. The average Bonchev–Trinajstić information content (AvgIpc) is 3.37. The topological polar surface area (TPSA) is 54.5 Å². The summed E-state index contributed by atoms with van der Waals surface area (Å²) in [6.07, 6.45) is 11.4. The number of hydrogen-bond acceptors (Lipinski definition) is 6. The normalized spacial score (nSPS) is 38.2. The molecule has 33 heavy (non-hydrogen) atoms. The van der Waals surface area contributed by atoms with Gasteiger partial charge < -0.3 is 10.1 Å². The molecule has 1 saturated heterocycles. The number of Topliss-reactive ketones (excluding diaryl/α,β-unsaturated/α-hetero) is 1. The first-order valence-electron chi connectivity index (χ1n) is 13.3. The van der Waals surface area contributed by atoms with E-state index in [1.54, 1.807) is 5.57 Å². The molecule has 1 N–H and O–H groups in total. The van der Waals surface area contributed by atoms with Gasteiger partial charge in [-0.15, -0.1) is 0 Å². The molecule has 0 spiro atoms. The van der Waals surface area contributed by atoms with Crippen LogP contribution >= 0.6 is 11.3 Å². The Bertz CT molecular complexity index is 951. The third kappa shape index (κ3) is 3.63. The Kier molecular flexibility index (Phi) is 5.70. The number of carbonyl (C=O) groups is 1. The third-order valence-electron chi connectivity index (χ3n) is 10.0. The Balaban J connectivity index is 1.16. The highest BCUT2D eigenvalue weighted by Gasteiger charge is 2.58. The van der Waals surface area contributed by atoms with Gasteiger partial charge in [0, 0.05) is 31.5 Å². The quantitative estimate of drug-likeness (QED) is 0.613. The second-order valence-electron chi connectivity index (χ2n) is 11.6. The largest absolute Gasteiger partial charge is 0.379 e. The number of ketones is 1. The number of nitrogens with one attached hydrogen (secondary N) is 1. The molecule has 5 atom stereocenters. The lowest BCUT2D eigenvalue weighted by Crippen LogP contribution is -2.49. The minimum Gasteiger partial charge on any atom is -0.379 e. The number of allylic oxidation sites excluding steroid dienone is 2. The number of carbonyl (C=O) groups excluding carboxylic acids is 1. The zero-order chi connectivity index (χ0) is 22.6. The van der Waals surface area contributed by atoms with Crippen LogP contribution in [0.4, 0.5) is 5.13 Å². The SMILES string of the molecule is C[C@]12CCc3nc(NCCCN4CCOCC4)sc3C1=CC[C@@H]1[C@@H]2CC[C@]2(C)C(=O)CC[C@@H]12. The fraction of sp³-hybridized carbons (Fsp3) is 0.778. The van der Waals surface area contributed by atoms with Crippen LogP contribution in [0.3, 0.4) is 0 Å². The molecule has 1 aliphatic heterocycles. The summed E-state index contributed by atoms with van der Waals surface area (Å²) in [5.74, 6) is 2.56. The molecule has 0 bridgehead atoms. The number of anilines is 1. The van der Waals surface area contributed by atoms with Crippen LogP contribution in [0.1, 0.15) is 69.4 Å². The smallest absolute Gasteiger partial charge is 0.183 e.